The summed E-state index contributed by atoms with van der Waals surface area (Å²) in [5, 5.41) is 12.5. The number of benzene rings is 2. The lowest BCUT2D eigenvalue weighted by atomic mass is 10.1. The third kappa shape index (κ3) is 5.16. The molecule has 0 bridgehead atoms. The summed E-state index contributed by atoms with van der Waals surface area (Å²) in [4.78, 5) is 24.4. The number of hydrogen-bond acceptors (Lipinski definition) is 4. The van der Waals surface area contributed by atoms with E-state index in [4.69, 9.17) is 4.74 Å². The van der Waals surface area contributed by atoms with Crippen LogP contribution in [0.2, 0.25) is 0 Å². The van der Waals surface area contributed by atoms with Crippen LogP contribution in [0.25, 0.3) is 10.1 Å². The van der Waals surface area contributed by atoms with E-state index < -0.39 is 29.2 Å². The second-order valence-electron chi connectivity index (χ2n) is 7.43. The van der Waals surface area contributed by atoms with Crippen molar-refractivity contribution in [3.63, 3.8) is 0 Å². The van der Waals surface area contributed by atoms with Gasteiger partial charge in [0, 0.05) is 16.5 Å². The van der Waals surface area contributed by atoms with E-state index in [-0.39, 0.29) is 11.5 Å². The molecule has 0 saturated carbocycles. The lowest BCUT2D eigenvalue weighted by Crippen LogP contribution is -2.49. The number of aliphatic carboxylic acids is 1. The Bertz CT molecular complexity index is 1100. The number of carboxylic acid groups (broad SMARTS) is 1. The van der Waals surface area contributed by atoms with Crippen molar-refractivity contribution in [3.8, 4) is 5.75 Å². The van der Waals surface area contributed by atoms with Gasteiger partial charge in [0.1, 0.15) is 10.4 Å². The number of alkyl halides is 3. The van der Waals surface area contributed by atoms with Gasteiger partial charge in [-0.2, -0.15) is 13.2 Å². The molecule has 0 aliphatic rings. The molecule has 5 nitrogen and oxygen atoms in total. The third-order valence-electron chi connectivity index (χ3n) is 4.64. The van der Waals surface area contributed by atoms with Crippen molar-refractivity contribution in [3.05, 3.63) is 64.5 Å². The molecule has 2 N–H and O–H groups in total. The molecule has 0 aliphatic carbocycles. The molecule has 0 radical (unpaired) electrons. The number of hydrogen-bond donors (Lipinski definition) is 2. The highest BCUT2D eigenvalue weighted by Crippen LogP contribution is 2.38. The number of halogens is 3. The Morgan fingerprint density at radius 3 is 2.32 bits per heavy atom. The number of thiophene rings is 1. The van der Waals surface area contributed by atoms with Crippen molar-refractivity contribution in [2.24, 2.45) is 0 Å². The fourth-order valence-electron chi connectivity index (χ4n) is 2.84. The molecule has 3 aromatic rings. The predicted molar refractivity (Wildman–Crippen MR) is 112 cm³/mol. The summed E-state index contributed by atoms with van der Waals surface area (Å²) in [5.74, 6) is -1.42. The Morgan fingerprint density at radius 2 is 1.71 bits per heavy atom. The van der Waals surface area contributed by atoms with E-state index in [2.05, 4.69) is 5.32 Å². The monoisotopic (exact) mass is 451 g/mol. The average Bonchev–Trinajstić information content (AvgIpc) is 3.06. The largest absolute Gasteiger partial charge is 0.491 e. The summed E-state index contributed by atoms with van der Waals surface area (Å²) in [7, 11) is 0. The highest BCUT2D eigenvalue weighted by atomic mass is 32.1. The van der Waals surface area contributed by atoms with Crippen molar-refractivity contribution in [2.45, 2.75) is 32.0 Å². The second-order valence-corrected chi connectivity index (χ2v) is 8.49. The Labute approximate surface area is 180 Å². The van der Waals surface area contributed by atoms with Crippen LogP contribution in [-0.2, 0) is 17.4 Å². The van der Waals surface area contributed by atoms with Crippen LogP contribution in [0.3, 0.4) is 0 Å². The maximum atomic E-state index is 12.8. The summed E-state index contributed by atoms with van der Waals surface area (Å²) in [5.41, 5.74) is -1.53. The molecule has 0 fully saturated rings. The van der Waals surface area contributed by atoms with Gasteiger partial charge >= 0.3 is 12.1 Å². The van der Waals surface area contributed by atoms with Crippen LogP contribution in [0.1, 0.15) is 34.6 Å². The number of carbonyl (C=O) groups is 2. The van der Waals surface area contributed by atoms with Crippen LogP contribution in [0.5, 0.6) is 5.75 Å². The molecule has 164 valence electrons. The van der Waals surface area contributed by atoms with Gasteiger partial charge in [0.2, 0.25) is 0 Å². The Kier molecular flexibility index (Phi) is 6.26. The molecule has 1 aromatic heterocycles. The van der Waals surface area contributed by atoms with Gasteiger partial charge in [0.25, 0.3) is 5.91 Å². The van der Waals surface area contributed by atoms with Gasteiger partial charge in [0.05, 0.1) is 12.2 Å². The molecule has 0 saturated heterocycles. The van der Waals surface area contributed by atoms with Gasteiger partial charge in [-0.1, -0.05) is 24.3 Å². The number of carbonyl (C=O) groups excluding carboxylic acids is 1. The van der Waals surface area contributed by atoms with Gasteiger partial charge in [-0.3, -0.25) is 4.79 Å². The Hall–Kier alpha value is -3.07. The van der Waals surface area contributed by atoms with Gasteiger partial charge in [-0.15, -0.1) is 11.3 Å². The molecule has 0 unspecified atom stereocenters. The van der Waals surface area contributed by atoms with Crippen LogP contribution in [0.4, 0.5) is 13.2 Å². The van der Waals surface area contributed by atoms with E-state index in [9.17, 15) is 27.9 Å². The number of ether oxygens (including phenoxy) is 1. The smallest absolute Gasteiger partial charge is 0.416 e. The third-order valence-corrected chi connectivity index (χ3v) is 5.79. The van der Waals surface area contributed by atoms with Crippen LogP contribution >= 0.6 is 11.3 Å². The van der Waals surface area contributed by atoms with Crippen molar-refractivity contribution >= 4 is 33.3 Å². The van der Waals surface area contributed by atoms with Gasteiger partial charge in [0.15, 0.2) is 5.75 Å². The molecule has 2 aromatic carbocycles. The second kappa shape index (κ2) is 8.58. The van der Waals surface area contributed by atoms with Crippen LogP contribution < -0.4 is 10.1 Å². The Morgan fingerprint density at radius 1 is 1.06 bits per heavy atom. The fourth-order valence-corrected chi connectivity index (χ4v) is 3.88. The van der Waals surface area contributed by atoms with Crippen LogP contribution in [0.15, 0.2) is 48.5 Å². The molecule has 0 aliphatic heterocycles. The maximum Gasteiger partial charge on any atom is 0.416 e. The van der Waals surface area contributed by atoms with E-state index in [0.29, 0.717) is 23.1 Å². The molecule has 3 rings (SSSR count). The van der Waals surface area contributed by atoms with E-state index >= 15 is 0 Å². The summed E-state index contributed by atoms with van der Waals surface area (Å²) in [6, 6.07) is 12.0. The van der Waals surface area contributed by atoms with Crippen molar-refractivity contribution in [1.82, 2.24) is 5.32 Å². The molecule has 1 heterocycles. The first-order chi connectivity index (χ1) is 14.5. The minimum absolute atomic E-state index is 0.134. The SMILES string of the molecule is CC(C)(NC(=O)c1sc2ccccc2c1OCCc1ccc(C(F)(F)F)cc1)C(=O)O. The lowest BCUT2D eigenvalue weighted by molar-refractivity contribution is -0.143. The number of rotatable bonds is 7. The lowest BCUT2D eigenvalue weighted by Gasteiger charge is -2.20. The summed E-state index contributed by atoms with van der Waals surface area (Å²) in [6.45, 7) is 2.89. The van der Waals surface area contributed by atoms with E-state index in [1.807, 2.05) is 12.1 Å². The summed E-state index contributed by atoms with van der Waals surface area (Å²) < 4.78 is 44.7. The normalized spacial score (nSPS) is 12.0. The zero-order chi connectivity index (χ0) is 22.8. The minimum Gasteiger partial charge on any atom is -0.491 e. The first kappa shape index (κ1) is 22.6. The average molecular weight is 451 g/mol. The standard InChI is InChI=1S/C22H20F3NO4S/c1-21(2,20(28)29)26-19(27)18-17(15-5-3-4-6-16(15)31-18)30-12-11-13-7-9-14(10-8-13)22(23,24)25/h3-10H,11-12H2,1-2H3,(H,26,27)(H,28,29). The van der Waals surface area contributed by atoms with Crippen LogP contribution in [-0.4, -0.2) is 29.1 Å². The highest BCUT2D eigenvalue weighted by molar-refractivity contribution is 7.21. The maximum absolute atomic E-state index is 12.8. The Balaban J connectivity index is 1.79. The molecule has 0 spiro atoms. The molecular weight excluding hydrogens is 431 g/mol. The molecular formula is C22H20F3NO4S. The topological polar surface area (TPSA) is 75.6 Å². The number of amides is 1. The predicted octanol–water partition coefficient (Wildman–Crippen LogP) is 5.13. The molecule has 1 amide bonds. The van der Waals surface area contributed by atoms with Gasteiger partial charge in [-0.05, 0) is 43.7 Å². The van der Waals surface area contributed by atoms with Gasteiger partial charge in [-0.25, -0.2) is 4.79 Å². The first-order valence-corrected chi connectivity index (χ1v) is 10.2. The zero-order valence-electron chi connectivity index (χ0n) is 16.7. The number of fused-ring (bicyclic) bond motifs is 1. The summed E-state index contributed by atoms with van der Waals surface area (Å²) in [6.07, 6.45) is -4.05. The highest BCUT2D eigenvalue weighted by Gasteiger charge is 2.32. The summed E-state index contributed by atoms with van der Waals surface area (Å²) >= 11 is 1.18. The number of nitrogens with one attached hydrogen (secondary N) is 1. The quantitative estimate of drug-likeness (QED) is 0.522. The van der Waals surface area contributed by atoms with E-state index in [1.165, 1.54) is 37.3 Å². The van der Waals surface area contributed by atoms with E-state index in [0.717, 1.165) is 16.8 Å². The van der Waals surface area contributed by atoms with Crippen molar-refractivity contribution in [1.29, 1.82) is 0 Å². The fraction of sp³-hybridized carbons (Fsp3) is 0.273. The van der Waals surface area contributed by atoms with E-state index in [1.54, 1.807) is 12.1 Å². The molecule has 31 heavy (non-hydrogen) atoms. The first-order valence-electron chi connectivity index (χ1n) is 9.35. The molecule has 0 atom stereocenters. The van der Waals surface area contributed by atoms with Crippen molar-refractivity contribution < 1.29 is 32.6 Å². The van der Waals surface area contributed by atoms with Gasteiger partial charge < -0.3 is 15.2 Å². The molecule has 9 heteroatoms. The van der Waals surface area contributed by atoms with Crippen molar-refractivity contribution in [2.75, 3.05) is 6.61 Å². The minimum atomic E-state index is -4.39. The number of carboxylic acids is 1. The van der Waals surface area contributed by atoms with Crippen LogP contribution in [0, 0.1) is 0 Å². The zero-order valence-corrected chi connectivity index (χ0v) is 17.6.